The van der Waals surface area contributed by atoms with E-state index < -0.39 is 11.8 Å². The van der Waals surface area contributed by atoms with Crippen molar-refractivity contribution in [3.05, 3.63) is 33.4 Å². The van der Waals surface area contributed by atoms with Crippen molar-refractivity contribution < 1.29 is 19.2 Å². The van der Waals surface area contributed by atoms with Crippen LogP contribution < -0.4 is 0 Å². The number of likely N-dealkylation sites (N-methyl/N-ethyl adjacent to an activating group) is 4. The van der Waals surface area contributed by atoms with Crippen molar-refractivity contribution in [3.63, 3.8) is 0 Å². The van der Waals surface area contributed by atoms with Gasteiger partial charge in [0.05, 0.1) is 0 Å². The van der Waals surface area contributed by atoms with Gasteiger partial charge in [-0.3, -0.25) is 19.2 Å². The van der Waals surface area contributed by atoms with E-state index in [1.807, 2.05) is 69.2 Å². The summed E-state index contributed by atoms with van der Waals surface area (Å²) in [4.78, 5) is 63.3. The molecule has 0 heterocycles. The highest BCUT2D eigenvalue weighted by atomic mass is 16.2. The van der Waals surface area contributed by atoms with Gasteiger partial charge in [-0.05, 0) is 74.8 Å². The Bertz CT molecular complexity index is 890. The summed E-state index contributed by atoms with van der Waals surface area (Å²) in [5, 5.41) is 0. The molecular weight excluding hydrogens is 480 g/mol. The van der Waals surface area contributed by atoms with Crippen LogP contribution in [0.4, 0.5) is 0 Å². The summed E-state index contributed by atoms with van der Waals surface area (Å²) in [6, 6.07) is 0. The minimum atomic E-state index is -0.699. The second-order valence-corrected chi connectivity index (χ2v) is 9.89. The molecule has 0 unspecified atom stereocenters. The summed E-state index contributed by atoms with van der Waals surface area (Å²) in [7, 11) is 0. The zero-order valence-corrected chi connectivity index (χ0v) is 25.2. The molecule has 0 aromatic carbocycles. The largest absolute Gasteiger partial charge is 0.339 e. The standard InChI is InChI=1S/C30H48N4O4/c1-11-31(12-2)27(35)23-21-20(19(9)10)22(24(23)28(36)32(13-3)14-4)26(30(38)34(17-7)18-8)25(21)29(37)33(15-5)16-6/h21-22H,11-18H2,1-10H3. The van der Waals surface area contributed by atoms with Crippen molar-refractivity contribution in [1.29, 1.82) is 0 Å². The number of hydrogen-bond acceptors (Lipinski definition) is 4. The van der Waals surface area contributed by atoms with Crippen LogP contribution in [0.1, 0.15) is 69.2 Å². The summed E-state index contributed by atoms with van der Waals surface area (Å²) in [6.07, 6.45) is 0. The third kappa shape index (κ3) is 5.19. The van der Waals surface area contributed by atoms with Gasteiger partial charge >= 0.3 is 0 Å². The van der Waals surface area contributed by atoms with E-state index in [4.69, 9.17) is 0 Å². The maximum absolute atomic E-state index is 14.1. The monoisotopic (exact) mass is 528 g/mol. The molecule has 0 saturated carbocycles. The molecule has 0 N–H and O–H groups in total. The van der Waals surface area contributed by atoms with Gasteiger partial charge < -0.3 is 19.6 Å². The minimum absolute atomic E-state index is 0.226. The van der Waals surface area contributed by atoms with Crippen LogP contribution in [-0.2, 0) is 19.2 Å². The molecule has 2 rings (SSSR count). The molecule has 0 fully saturated rings. The normalized spacial score (nSPS) is 18.2. The Morgan fingerprint density at radius 2 is 0.632 bits per heavy atom. The fourth-order valence-corrected chi connectivity index (χ4v) is 5.96. The molecule has 0 aromatic heterocycles. The number of amides is 4. The van der Waals surface area contributed by atoms with Crippen molar-refractivity contribution in [1.82, 2.24) is 19.6 Å². The predicted octanol–water partition coefficient (Wildman–Crippen LogP) is 3.65. The van der Waals surface area contributed by atoms with Crippen LogP contribution in [0.5, 0.6) is 0 Å². The zero-order chi connectivity index (χ0) is 28.9. The average Bonchev–Trinajstić information content (AvgIpc) is 3.43. The Hall–Kier alpha value is -2.90. The molecule has 0 radical (unpaired) electrons. The predicted molar refractivity (Wildman–Crippen MR) is 151 cm³/mol. The molecule has 2 bridgehead atoms. The summed E-state index contributed by atoms with van der Waals surface area (Å²) < 4.78 is 0. The number of allylic oxidation sites excluding steroid dienone is 2. The van der Waals surface area contributed by atoms with Gasteiger partial charge in [-0.1, -0.05) is 5.57 Å². The lowest BCUT2D eigenvalue weighted by molar-refractivity contribution is -0.131. The highest BCUT2D eigenvalue weighted by Crippen LogP contribution is 2.58. The molecule has 38 heavy (non-hydrogen) atoms. The van der Waals surface area contributed by atoms with E-state index in [0.717, 1.165) is 11.1 Å². The fourth-order valence-electron chi connectivity index (χ4n) is 5.96. The molecule has 0 spiro atoms. The molecule has 4 amide bonds. The van der Waals surface area contributed by atoms with Gasteiger partial charge in [-0.25, -0.2) is 0 Å². The van der Waals surface area contributed by atoms with Gasteiger partial charge in [0.25, 0.3) is 23.6 Å². The molecule has 0 atom stereocenters. The zero-order valence-electron chi connectivity index (χ0n) is 25.2. The molecule has 0 saturated heterocycles. The SMILES string of the molecule is CCN(CC)C(=O)C1=C(C(=O)N(CC)CC)C2C(C(=O)N(CC)CC)=C(C(=O)N(CC)CC)C1C2=C(C)C. The second-order valence-electron chi connectivity index (χ2n) is 9.89. The molecule has 8 nitrogen and oxygen atoms in total. The van der Waals surface area contributed by atoms with E-state index in [2.05, 4.69) is 0 Å². The third-order valence-electron chi connectivity index (χ3n) is 8.06. The fraction of sp³-hybridized carbons (Fsp3) is 0.667. The van der Waals surface area contributed by atoms with Crippen LogP contribution in [0.15, 0.2) is 33.4 Å². The van der Waals surface area contributed by atoms with Crippen molar-refractivity contribution in [2.45, 2.75) is 69.2 Å². The number of rotatable bonds is 12. The Labute approximate surface area is 229 Å². The van der Waals surface area contributed by atoms with E-state index in [1.165, 1.54) is 0 Å². The average molecular weight is 529 g/mol. The van der Waals surface area contributed by atoms with Gasteiger partial charge in [0, 0.05) is 86.5 Å². The Balaban J connectivity index is 3.04. The Kier molecular flexibility index (Phi) is 10.9. The number of hydrogen-bond donors (Lipinski definition) is 0. The summed E-state index contributed by atoms with van der Waals surface area (Å²) in [6.45, 7) is 23.1. The first-order valence-electron chi connectivity index (χ1n) is 14.4. The summed E-state index contributed by atoms with van der Waals surface area (Å²) >= 11 is 0. The van der Waals surface area contributed by atoms with E-state index >= 15 is 0 Å². The van der Waals surface area contributed by atoms with Crippen molar-refractivity contribution in [2.75, 3.05) is 52.4 Å². The Morgan fingerprint density at radius 1 is 0.447 bits per heavy atom. The van der Waals surface area contributed by atoms with Crippen molar-refractivity contribution >= 4 is 23.6 Å². The van der Waals surface area contributed by atoms with Gasteiger partial charge in [0.1, 0.15) is 0 Å². The summed E-state index contributed by atoms with van der Waals surface area (Å²) in [5.41, 5.74) is 3.26. The van der Waals surface area contributed by atoms with Crippen molar-refractivity contribution in [2.24, 2.45) is 11.8 Å². The van der Waals surface area contributed by atoms with Crippen LogP contribution in [0.2, 0.25) is 0 Å². The number of carbonyl (C=O) groups excluding carboxylic acids is 4. The van der Waals surface area contributed by atoms with Gasteiger partial charge in [0.2, 0.25) is 0 Å². The first kappa shape index (κ1) is 31.3. The second kappa shape index (κ2) is 13.3. The lowest BCUT2D eigenvalue weighted by Crippen LogP contribution is -2.43. The van der Waals surface area contributed by atoms with Crippen molar-refractivity contribution in [3.8, 4) is 0 Å². The van der Waals surface area contributed by atoms with Crippen LogP contribution in [-0.4, -0.2) is 95.6 Å². The maximum Gasteiger partial charge on any atom is 0.251 e. The molecule has 2 aliphatic carbocycles. The van der Waals surface area contributed by atoms with E-state index in [9.17, 15) is 19.2 Å². The molecule has 0 aromatic rings. The first-order valence-corrected chi connectivity index (χ1v) is 14.4. The van der Waals surface area contributed by atoms with E-state index in [0.29, 0.717) is 74.7 Å². The minimum Gasteiger partial charge on any atom is -0.339 e. The molecule has 2 aliphatic rings. The van der Waals surface area contributed by atoms with Crippen LogP contribution >= 0.6 is 0 Å². The smallest absolute Gasteiger partial charge is 0.251 e. The lowest BCUT2D eigenvalue weighted by atomic mass is 9.83. The third-order valence-corrected chi connectivity index (χ3v) is 8.06. The van der Waals surface area contributed by atoms with Crippen LogP contribution in [0, 0.1) is 11.8 Å². The Morgan fingerprint density at radius 3 is 0.763 bits per heavy atom. The highest BCUT2D eigenvalue weighted by molar-refractivity contribution is 6.17. The van der Waals surface area contributed by atoms with Crippen LogP contribution in [0.3, 0.4) is 0 Å². The molecular formula is C30H48N4O4. The summed E-state index contributed by atoms with van der Waals surface area (Å²) in [5.74, 6) is -2.30. The van der Waals surface area contributed by atoms with E-state index in [-0.39, 0.29) is 23.6 Å². The lowest BCUT2D eigenvalue weighted by Gasteiger charge is -2.32. The van der Waals surface area contributed by atoms with Gasteiger partial charge in [-0.2, -0.15) is 0 Å². The molecule has 212 valence electrons. The number of nitrogens with zero attached hydrogens (tertiary/aromatic N) is 4. The van der Waals surface area contributed by atoms with Crippen LogP contribution in [0.25, 0.3) is 0 Å². The number of carbonyl (C=O) groups is 4. The first-order chi connectivity index (χ1) is 18.1. The van der Waals surface area contributed by atoms with Gasteiger partial charge in [-0.15, -0.1) is 0 Å². The topological polar surface area (TPSA) is 81.2 Å². The van der Waals surface area contributed by atoms with Gasteiger partial charge in [0.15, 0.2) is 0 Å². The van der Waals surface area contributed by atoms with E-state index in [1.54, 1.807) is 19.6 Å². The highest BCUT2D eigenvalue weighted by Gasteiger charge is 2.58. The quantitative estimate of drug-likeness (QED) is 0.362. The number of fused-ring (bicyclic) bond motifs is 2. The maximum atomic E-state index is 14.1. The molecule has 8 heteroatoms. The molecule has 0 aliphatic heterocycles.